The molecule has 0 fully saturated rings. The highest BCUT2D eigenvalue weighted by Crippen LogP contribution is 1.99. The van der Waals surface area contributed by atoms with Crippen molar-refractivity contribution in [2.24, 2.45) is 0 Å². The highest BCUT2D eigenvalue weighted by atomic mass is 16.5. The molecule has 7 heteroatoms. The lowest BCUT2D eigenvalue weighted by atomic mass is 10.4. The number of carbonyl (C=O) groups excluding carboxylic acids is 1. The number of carbonyl (C=O) groups is 2. The Morgan fingerprint density at radius 1 is 1.11 bits per heavy atom. The van der Waals surface area contributed by atoms with Crippen LogP contribution in [0.25, 0.3) is 0 Å². The molecule has 0 aliphatic rings. The summed E-state index contributed by atoms with van der Waals surface area (Å²) in [6.45, 7) is 1.78. The van der Waals surface area contributed by atoms with Crippen LogP contribution in [0.4, 0.5) is 4.79 Å². The van der Waals surface area contributed by atoms with Crippen molar-refractivity contribution in [3.8, 4) is 0 Å². The largest absolute Gasteiger partial charge is 0.480 e. The van der Waals surface area contributed by atoms with Crippen molar-refractivity contribution in [2.75, 3.05) is 61.0 Å². The Morgan fingerprint density at radius 2 is 1.74 bits per heavy atom. The van der Waals surface area contributed by atoms with E-state index in [1.807, 2.05) is 19.0 Å². The maximum absolute atomic E-state index is 12.1. The van der Waals surface area contributed by atoms with Gasteiger partial charge in [0.1, 0.15) is 6.54 Å². The van der Waals surface area contributed by atoms with Gasteiger partial charge < -0.3 is 24.5 Å². The number of nitrogens with zero attached hydrogens (tertiary/aromatic N) is 3. The van der Waals surface area contributed by atoms with Gasteiger partial charge in [0, 0.05) is 27.2 Å². The zero-order valence-electron chi connectivity index (χ0n) is 12.3. The molecule has 0 aliphatic heterocycles. The van der Waals surface area contributed by atoms with E-state index in [4.69, 9.17) is 9.84 Å². The summed E-state index contributed by atoms with van der Waals surface area (Å²) in [7, 11) is 7.14. The first kappa shape index (κ1) is 17.7. The summed E-state index contributed by atoms with van der Waals surface area (Å²) in [5.41, 5.74) is 0. The number of hydrogen-bond donors (Lipinski definition) is 1. The Balaban J connectivity index is 4.29. The van der Waals surface area contributed by atoms with Crippen LogP contribution < -0.4 is 0 Å². The summed E-state index contributed by atoms with van der Waals surface area (Å²) in [5, 5.41) is 8.80. The van der Waals surface area contributed by atoms with Gasteiger partial charge in [-0.3, -0.25) is 4.79 Å². The molecular weight excluding hydrogens is 250 g/mol. The summed E-state index contributed by atoms with van der Waals surface area (Å²) in [4.78, 5) is 27.7. The van der Waals surface area contributed by atoms with E-state index in [1.165, 1.54) is 12.0 Å². The highest BCUT2D eigenvalue weighted by Gasteiger charge is 2.19. The number of rotatable bonds is 9. The van der Waals surface area contributed by atoms with Crippen LogP contribution in [-0.4, -0.2) is 92.8 Å². The summed E-state index contributed by atoms with van der Waals surface area (Å²) < 4.78 is 4.88. The van der Waals surface area contributed by atoms with Crippen molar-refractivity contribution in [3.63, 3.8) is 0 Å². The highest BCUT2D eigenvalue weighted by molar-refractivity contribution is 5.80. The Morgan fingerprint density at radius 3 is 2.21 bits per heavy atom. The lowest BCUT2D eigenvalue weighted by Crippen LogP contribution is -2.45. The van der Waals surface area contributed by atoms with Crippen LogP contribution in [0.2, 0.25) is 0 Å². The first-order chi connectivity index (χ1) is 8.88. The van der Waals surface area contributed by atoms with E-state index >= 15 is 0 Å². The standard InChI is InChI=1S/C12H25N3O4/c1-13(2)6-5-7-14(3)12(18)15(8-9-19-4)10-11(16)17/h5-10H2,1-4H3,(H,16,17). The molecule has 1 N–H and O–H groups in total. The number of carboxylic acids is 1. The predicted molar refractivity (Wildman–Crippen MR) is 72.3 cm³/mol. The molecule has 0 rings (SSSR count). The van der Waals surface area contributed by atoms with Gasteiger partial charge >= 0.3 is 12.0 Å². The van der Waals surface area contributed by atoms with E-state index in [2.05, 4.69) is 0 Å². The van der Waals surface area contributed by atoms with Gasteiger partial charge in [0.25, 0.3) is 0 Å². The molecular formula is C12H25N3O4. The van der Waals surface area contributed by atoms with Crippen LogP contribution in [0.3, 0.4) is 0 Å². The molecule has 0 unspecified atom stereocenters. The second kappa shape index (κ2) is 9.57. The average Bonchev–Trinajstić information content (AvgIpc) is 2.32. The van der Waals surface area contributed by atoms with Crippen molar-refractivity contribution in [3.05, 3.63) is 0 Å². The van der Waals surface area contributed by atoms with Crippen molar-refractivity contribution in [1.82, 2.24) is 14.7 Å². The minimum atomic E-state index is -1.02. The topological polar surface area (TPSA) is 73.3 Å². The fourth-order valence-electron chi connectivity index (χ4n) is 1.57. The van der Waals surface area contributed by atoms with E-state index in [0.29, 0.717) is 13.2 Å². The summed E-state index contributed by atoms with van der Waals surface area (Å²) in [6.07, 6.45) is 0.848. The van der Waals surface area contributed by atoms with E-state index in [1.54, 1.807) is 11.9 Å². The predicted octanol–water partition coefficient (Wildman–Crippen LogP) is 0.0229. The number of hydrogen-bond acceptors (Lipinski definition) is 4. The molecule has 112 valence electrons. The first-order valence-electron chi connectivity index (χ1n) is 6.24. The van der Waals surface area contributed by atoms with Gasteiger partial charge in [-0.15, -0.1) is 0 Å². The number of carboxylic acid groups (broad SMARTS) is 1. The fraction of sp³-hybridized carbons (Fsp3) is 0.833. The third kappa shape index (κ3) is 8.39. The summed E-state index contributed by atoms with van der Waals surface area (Å²) >= 11 is 0. The normalized spacial score (nSPS) is 10.6. The summed E-state index contributed by atoms with van der Waals surface area (Å²) in [6, 6.07) is -0.279. The van der Waals surface area contributed by atoms with E-state index in [9.17, 15) is 9.59 Å². The zero-order chi connectivity index (χ0) is 14.8. The van der Waals surface area contributed by atoms with Gasteiger partial charge in [0.2, 0.25) is 0 Å². The van der Waals surface area contributed by atoms with Crippen LogP contribution in [-0.2, 0) is 9.53 Å². The smallest absolute Gasteiger partial charge is 0.323 e. The third-order valence-electron chi connectivity index (χ3n) is 2.59. The molecule has 0 spiro atoms. The first-order valence-corrected chi connectivity index (χ1v) is 6.24. The molecule has 0 saturated heterocycles. The Labute approximate surface area is 114 Å². The molecule has 0 aromatic carbocycles. The van der Waals surface area contributed by atoms with Gasteiger partial charge in [0.15, 0.2) is 0 Å². The molecule has 0 aromatic rings. The van der Waals surface area contributed by atoms with E-state index in [-0.39, 0.29) is 19.1 Å². The average molecular weight is 275 g/mol. The lowest BCUT2D eigenvalue weighted by molar-refractivity contribution is -0.137. The van der Waals surface area contributed by atoms with Crippen LogP contribution in [0.1, 0.15) is 6.42 Å². The molecule has 0 radical (unpaired) electrons. The van der Waals surface area contributed by atoms with Crippen LogP contribution in [0.15, 0.2) is 0 Å². The third-order valence-corrected chi connectivity index (χ3v) is 2.59. The van der Waals surface area contributed by atoms with Crippen LogP contribution in [0.5, 0.6) is 0 Å². The quantitative estimate of drug-likeness (QED) is 0.642. The second-order valence-electron chi connectivity index (χ2n) is 4.67. The molecule has 0 aromatic heterocycles. The Bertz CT molecular complexity index is 284. The van der Waals surface area contributed by atoms with Gasteiger partial charge in [-0.05, 0) is 27.1 Å². The Hall–Kier alpha value is -1.34. The zero-order valence-corrected chi connectivity index (χ0v) is 12.3. The van der Waals surface area contributed by atoms with E-state index < -0.39 is 5.97 Å². The second-order valence-corrected chi connectivity index (χ2v) is 4.67. The number of urea groups is 1. The maximum atomic E-state index is 12.1. The monoisotopic (exact) mass is 275 g/mol. The van der Waals surface area contributed by atoms with E-state index in [0.717, 1.165) is 13.0 Å². The minimum absolute atomic E-state index is 0.277. The van der Waals surface area contributed by atoms with Gasteiger partial charge in [-0.1, -0.05) is 0 Å². The molecule has 0 bridgehead atoms. The van der Waals surface area contributed by atoms with Crippen LogP contribution >= 0.6 is 0 Å². The molecule has 2 amide bonds. The Kier molecular flexibility index (Phi) is 8.90. The number of methoxy groups -OCH3 is 1. The van der Waals surface area contributed by atoms with Crippen molar-refractivity contribution < 1.29 is 19.4 Å². The molecule has 0 heterocycles. The molecule has 0 saturated carbocycles. The van der Waals surface area contributed by atoms with Crippen molar-refractivity contribution in [2.45, 2.75) is 6.42 Å². The summed E-state index contributed by atoms with van der Waals surface area (Å²) in [5.74, 6) is -1.02. The van der Waals surface area contributed by atoms with Gasteiger partial charge in [-0.2, -0.15) is 0 Å². The van der Waals surface area contributed by atoms with Crippen molar-refractivity contribution in [1.29, 1.82) is 0 Å². The van der Waals surface area contributed by atoms with Gasteiger partial charge in [0.05, 0.1) is 6.61 Å². The number of aliphatic carboxylic acids is 1. The fourth-order valence-corrected chi connectivity index (χ4v) is 1.57. The molecule has 0 aliphatic carbocycles. The van der Waals surface area contributed by atoms with Crippen molar-refractivity contribution >= 4 is 12.0 Å². The maximum Gasteiger partial charge on any atom is 0.323 e. The van der Waals surface area contributed by atoms with Gasteiger partial charge in [-0.25, -0.2) is 4.79 Å². The van der Waals surface area contributed by atoms with Crippen LogP contribution in [0, 0.1) is 0 Å². The SMILES string of the molecule is COCCN(CC(=O)O)C(=O)N(C)CCCN(C)C. The molecule has 7 nitrogen and oxygen atoms in total. The molecule has 19 heavy (non-hydrogen) atoms. The molecule has 0 atom stereocenters. The number of amides is 2. The minimum Gasteiger partial charge on any atom is -0.480 e. The lowest BCUT2D eigenvalue weighted by Gasteiger charge is -2.27. The number of ether oxygens (including phenoxy) is 1.